The molecular formula is C29H24N4O. The van der Waals surface area contributed by atoms with Gasteiger partial charge in [0.05, 0.1) is 17.1 Å². The number of hydrogen-bond acceptors (Lipinski definition) is 4. The molecule has 0 saturated heterocycles. The lowest BCUT2D eigenvalue weighted by Crippen LogP contribution is -2.23. The molecule has 0 radical (unpaired) electrons. The molecule has 4 aromatic carbocycles. The molecule has 5 heteroatoms. The summed E-state index contributed by atoms with van der Waals surface area (Å²) in [4.78, 5) is 4.66. The molecule has 0 aliphatic carbocycles. The molecule has 0 unspecified atom stereocenters. The smallest absolute Gasteiger partial charge is 0.141 e. The van der Waals surface area contributed by atoms with E-state index in [0.717, 1.165) is 29.3 Å². The maximum atomic E-state index is 10.3. The van der Waals surface area contributed by atoms with Crippen molar-refractivity contribution in [2.24, 2.45) is 0 Å². The first-order chi connectivity index (χ1) is 16.7. The third-order valence-corrected chi connectivity index (χ3v) is 6.26. The zero-order valence-electron chi connectivity index (χ0n) is 18.8. The number of aryl methyl sites for hydroxylation is 1. The van der Waals surface area contributed by atoms with Crippen LogP contribution in [0.1, 0.15) is 5.69 Å². The highest BCUT2D eigenvalue weighted by Crippen LogP contribution is 2.44. The van der Waals surface area contributed by atoms with E-state index in [1.165, 1.54) is 17.1 Å². The average molecular weight is 445 g/mol. The summed E-state index contributed by atoms with van der Waals surface area (Å²) in [6.07, 6.45) is 0. The van der Waals surface area contributed by atoms with Crippen LogP contribution in [0.4, 0.5) is 22.7 Å². The van der Waals surface area contributed by atoms with Gasteiger partial charge in [0.15, 0.2) is 0 Å². The molecule has 34 heavy (non-hydrogen) atoms. The summed E-state index contributed by atoms with van der Waals surface area (Å²) in [5, 5.41) is 15.1. The Labute approximate surface area is 198 Å². The molecular weight excluding hydrogens is 420 g/mol. The zero-order chi connectivity index (χ0) is 23.1. The number of nitrogens with zero attached hydrogens (tertiary/aromatic N) is 4. The van der Waals surface area contributed by atoms with Gasteiger partial charge in [-0.15, -0.1) is 0 Å². The van der Waals surface area contributed by atoms with E-state index in [4.69, 9.17) is 5.10 Å². The third kappa shape index (κ3) is 3.39. The Hall–Kier alpha value is -4.51. The van der Waals surface area contributed by atoms with Gasteiger partial charge in [-0.3, -0.25) is 0 Å². The molecule has 2 heterocycles. The molecule has 1 aliphatic heterocycles. The first-order valence-electron chi connectivity index (χ1n) is 11.3. The van der Waals surface area contributed by atoms with Crippen molar-refractivity contribution in [3.05, 3.63) is 115 Å². The Bertz CT molecular complexity index is 1470. The predicted molar refractivity (Wildman–Crippen MR) is 137 cm³/mol. The molecule has 1 aliphatic rings. The number of phenols is 1. The van der Waals surface area contributed by atoms with Gasteiger partial charge in [0.1, 0.15) is 18.1 Å². The number of fused-ring (bicyclic) bond motifs is 1. The van der Waals surface area contributed by atoms with Crippen LogP contribution in [-0.2, 0) is 0 Å². The fourth-order valence-electron chi connectivity index (χ4n) is 4.60. The molecule has 1 aromatic heterocycles. The number of anilines is 4. The summed E-state index contributed by atoms with van der Waals surface area (Å²) >= 11 is 0. The average Bonchev–Trinajstić information content (AvgIpc) is 3.46. The van der Waals surface area contributed by atoms with Gasteiger partial charge in [-0.05, 0) is 61.5 Å². The van der Waals surface area contributed by atoms with Crippen molar-refractivity contribution in [1.82, 2.24) is 9.78 Å². The Morgan fingerprint density at radius 1 is 0.647 bits per heavy atom. The molecule has 166 valence electrons. The monoisotopic (exact) mass is 444 g/mol. The third-order valence-electron chi connectivity index (χ3n) is 6.26. The standard InChI is InChI=1S/C29H24N4O/c1-21-18-25(30-33(21)28-16-7-8-17-29(28)34)22-10-9-13-24(19-22)32-20-31(23-11-3-2-4-12-23)26-14-5-6-15-27(26)32/h2-19,34H,20H2,1H3. The number of hydrogen-bond donors (Lipinski definition) is 1. The molecule has 1 N–H and O–H groups in total. The van der Waals surface area contributed by atoms with Gasteiger partial charge < -0.3 is 14.9 Å². The number of phenolic OH excluding ortho intramolecular Hbond substituents is 1. The predicted octanol–water partition coefficient (Wildman–Crippen LogP) is 6.80. The van der Waals surface area contributed by atoms with Crippen molar-refractivity contribution in [3.8, 4) is 22.7 Å². The lowest BCUT2D eigenvalue weighted by atomic mass is 10.1. The molecule has 5 aromatic rings. The highest BCUT2D eigenvalue weighted by Gasteiger charge is 2.27. The SMILES string of the molecule is Cc1cc(-c2cccc(N3CN(c4ccccc4)c4ccccc43)c2)nn1-c1ccccc1O. The van der Waals surface area contributed by atoms with E-state index in [1.54, 1.807) is 10.7 Å². The maximum Gasteiger partial charge on any atom is 0.141 e. The number of para-hydroxylation sites is 5. The van der Waals surface area contributed by atoms with E-state index in [9.17, 15) is 5.11 Å². The summed E-state index contributed by atoms with van der Waals surface area (Å²) in [6, 6.07) is 36.8. The number of rotatable bonds is 4. The molecule has 0 amide bonds. The molecule has 0 fully saturated rings. The summed E-state index contributed by atoms with van der Waals surface area (Å²) in [5.74, 6) is 0.212. The molecule has 0 atom stereocenters. The molecule has 6 rings (SSSR count). The van der Waals surface area contributed by atoms with Gasteiger partial charge in [0.25, 0.3) is 0 Å². The minimum atomic E-state index is 0.212. The van der Waals surface area contributed by atoms with Crippen LogP contribution in [0.15, 0.2) is 109 Å². The van der Waals surface area contributed by atoms with Gasteiger partial charge in [-0.25, -0.2) is 4.68 Å². The topological polar surface area (TPSA) is 44.5 Å². The van der Waals surface area contributed by atoms with Gasteiger partial charge in [-0.1, -0.05) is 54.6 Å². The van der Waals surface area contributed by atoms with Crippen molar-refractivity contribution in [1.29, 1.82) is 0 Å². The normalized spacial score (nSPS) is 12.7. The number of aromatic nitrogens is 2. The van der Waals surface area contributed by atoms with Gasteiger partial charge >= 0.3 is 0 Å². The fraction of sp³-hybridized carbons (Fsp3) is 0.0690. The molecule has 0 spiro atoms. The molecule has 5 nitrogen and oxygen atoms in total. The summed E-state index contributed by atoms with van der Waals surface area (Å²) in [7, 11) is 0. The number of benzene rings is 4. The van der Waals surface area contributed by atoms with Crippen LogP contribution in [0, 0.1) is 6.92 Å². The Morgan fingerprint density at radius 2 is 1.26 bits per heavy atom. The van der Waals surface area contributed by atoms with Crippen LogP contribution in [0.3, 0.4) is 0 Å². The van der Waals surface area contributed by atoms with Crippen molar-refractivity contribution in [2.75, 3.05) is 16.5 Å². The van der Waals surface area contributed by atoms with Crippen LogP contribution in [0.25, 0.3) is 16.9 Å². The maximum absolute atomic E-state index is 10.3. The number of aromatic hydroxyl groups is 1. The van der Waals surface area contributed by atoms with E-state index >= 15 is 0 Å². The highest BCUT2D eigenvalue weighted by atomic mass is 16.3. The quantitative estimate of drug-likeness (QED) is 0.331. The first kappa shape index (κ1) is 20.1. The lowest BCUT2D eigenvalue weighted by molar-refractivity contribution is 0.470. The van der Waals surface area contributed by atoms with Gasteiger partial charge in [0, 0.05) is 22.6 Å². The van der Waals surface area contributed by atoms with Crippen LogP contribution in [0.2, 0.25) is 0 Å². The van der Waals surface area contributed by atoms with Crippen molar-refractivity contribution in [3.63, 3.8) is 0 Å². The van der Waals surface area contributed by atoms with Crippen molar-refractivity contribution in [2.45, 2.75) is 6.92 Å². The van der Waals surface area contributed by atoms with E-state index < -0.39 is 0 Å². The Balaban J connectivity index is 1.38. The largest absolute Gasteiger partial charge is 0.506 e. The minimum Gasteiger partial charge on any atom is -0.506 e. The van der Waals surface area contributed by atoms with Crippen LogP contribution < -0.4 is 9.80 Å². The van der Waals surface area contributed by atoms with Crippen LogP contribution >= 0.6 is 0 Å². The van der Waals surface area contributed by atoms with Crippen molar-refractivity contribution >= 4 is 22.7 Å². The van der Waals surface area contributed by atoms with Gasteiger partial charge in [-0.2, -0.15) is 5.10 Å². The van der Waals surface area contributed by atoms with Crippen LogP contribution in [0.5, 0.6) is 5.75 Å². The second kappa shape index (κ2) is 8.12. The summed E-state index contributed by atoms with van der Waals surface area (Å²) < 4.78 is 1.79. The van der Waals surface area contributed by atoms with E-state index in [-0.39, 0.29) is 5.75 Å². The second-order valence-electron chi connectivity index (χ2n) is 8.44. The Morgan fingerprint density at radius 3 is 2.00 bits per heavy atom. The lowest BCUT2D eigenvalue weighted by Gasteiger charge is -2.22. The van der Waals surface area contributed by atoms with E-state index in [1.807, 2.05) is 31.2 Å². The second-order valence-corrected chi connectivity index (χ2v) is 8.44. The Kier molecular flexibility index (Phi) is 4.81. The highest BCUT2D eigenvalue weighted by molar-refractivity contribution is 5.87. The van der Waals surface area contributed by atoms with Gasteiger partial charge in [0.2, 0.25) is 0 Å². The zero-order valence-corrected chi connectivity index (χ0v) is 18.8. The molecule has 0 bridgehead atoms. The minimum absolute atomic E-state index is 0.212. The van der Waals surface area contributed by atoms with E-state index in [0.29, 0.717) is 5.69 Å². The summed E-state index contributed by atoms with van der Waals surface area (Å²) in [6.45, 7) is 2.74. The van der Waals surface area contributed by atoms with Crippen molar-refractivity contribution < 1.29 is 5.11 Å². The summed E-state index contributed by atoms with van der Waals surface area (Å²) in [5.41, 5.74) is 8.19. The van der Waals surface area contributed by atoms with E-state index in [2.05, 4.69) is 88.7 Å². The first-order valence-corrected chi connectivity index (χ1v) is 11.3. The fourth-order valence-corrected chi connectivity index (χ4v) is 4.60. The molecule has 0 saturated carbocycles. The van der Waals surface area contributed by atoms with Crippen LogP contribution in [-0.4, -0.2) is 21.6 Å².